The van der Waals surface area contributed by atoms with Crippen molar-refractivity contribution >= 4 is 11.5 Å². The molecule has 3 aliphatic rings. The van der Waals surface area contributed by atoms with E-state index in [0.29, 0.717) is 24.0 Å². The molecule has 3 heterocycles. The average Bonchev–Trinajstić information content (AvgIpc) is 3.36. The fourth-order valence-electron chi connectivity index (χ4n) is 5.51. The molecule has 2 aromatic heterocycles. The number of nitrogens with one attached hydrogen (secondary N) is 1. The molecule has 3 aromatic rings. The molecule has 0 unspecified atom stereocenters. The van der Waals surface area contributed by atoms with E-state index in [0.717, 1.165) is 59.2 Å². The minimum absolute atomic E-state index is 0.231. The number of hydrogen-bond donors (Lipinski definition) is 2. The molecule has 1 saturated heterocycles. The van der Waals surface area contributed by atoms with Gasteiger partial charge >= 0.3 is 6.01 Å². The largest absolute Gasteiger partial charge is 0.421 e. The van der Waals surface area contributed by atoms with Crippen LogP contribution in [-0.4, -0.2) is 46.1 Å². The van der Waals surface area contributed by atoms with Crippen LogP contribution in [-0.2, 0) is 6.42 Å². The van der Waals surface area contributed by atoms with E-state index in [9.17, 15) is 4.39 Å². The fraction of sp³-hybridized carbons (Fsp3) is 0.440. The van der Waals surface area contributed by atoms with Gasteiger partial charge in [-0.1, -0.05) is 13.8 Å². The van der Waals surface area contributed by atoms with Crippen LogP contribution in [0.3, 0.4) is 0 Å². The highest BCUT2D eigenvalue weighted by atomic mass is 19.1. The Morgan fingerprint density at radius 1 is 1.18 bits per heavy atom. The number of nitrogens with two attached hydrogens (primary N) is 1. The SMILES string of the molecule is CNc1cc(F)cc2c1Cc1nc(Oc3cnc(C(C)C)nc3)nc(N3C[C@H]4C[C@@H](N)[C@H]4C3)c1-2. The van der Waals surface area contributed by atoms with Crippen molar-refractivity contribution in [2.24, 2.45) is 17.6 Å². The predicted octanol–water partition coefficient (Wildman–Crippen LogP) is 3.72. The molecule has 1 saturated carbocycles. The van der Waals surface area contributed by atoms with Gasteiger partial charge in [-0.05, 0) is 41.5 Å². The van der Waals surface area contributed by atoms with E-state index < -0.39 is 0 Å². The number of halogens is 1. The minimum atomic E-state index is -0.284. The summed E-state index contributed by atoms with van der Waals surface area (Å²) in [6.45, 7) is 5.81. The Balaban J connectivity index is 1.42. The maximum atomic E-state index is 14.5. The molecule has 0 amide bonds. The van der Waals surface area contributed by atoms with Gasteiger partial charge in [0.2, 0.25) is 0 Å². The summed E-state index contributed by atoms with van der Waals surface area (Å²) in [7, 11) is 1.81. The van der Waals surface area contributed by atoms with Crippen LogP contribution in [0, 0.1) is 17.7 Å². The number of rotatable bonds is 5. The van der Waals surface area contributed by atoms with Crippen molar-refractivity contribution in [3.8, 4) is 22.9 Å². The molecule has 1 aromatic carbocycles. The lowest BCUT2D eigenvalue weighted by Gasteiger charge is -2.36. The van der Waals surface area contributed by atoms with E-state index in [1.807, 2.05) is 13.8 Å². The van der Waals surface area contributed by atoms with Gasteiger partial charge in [0.1, 0.15) is 17.5 Å². The standard InChI is InChI=1S/C25H28FN7O/c1-12(2)23-29-8-15(9-30-23)34-25-31-21-7-16-17(5-14(26)6-20(16)28-3)22(21)24(32-25)33-10-13-4-19(27)18(13)11-33/h5-6,8-9,12-13,18-19,28H,4,7,10-11,27H2,1-3H3/t13-,18+,19-/m1/s1. The first kappa shape index (κ1) is 21.2. The highest BCUT2D eigenvalue weighted by Gasteiger charge is 2.46. The van der Waals surface area contributed by atoms with Crippen molar-refractivity contribution in [2.45, 2.75) is 38.6 Å². The Morgan fingerprint density at radius 3 is 2.65 bits per heavy atom. The van der Waals surface area contributed by atoms with Gasteiger partial charge in [-0.15, -0.1) is 0 Å². The number of benzene rings is 1. The molecule has 2 aliphatic carbocycles. The second-order valence-electron chi connectivity index (χ2n) is 9.82. The number of nitrogens with zero attached hydrogens (tertiary/aromatic N) is 5. The number of aromatic nitrogens is 4. The van der Waals surface area contributed by atoms with E-state index >= 15 is 0 Å². The zero-order valence-corrected chi connectivity index (χ0v) is 19.5. The molecule has 0 spiro atoms. The molecular formula is C25H28FN7O. The molecule has 3 N–H and O–H groups in total. The minimum Gasteiger partial charge on any atom is -0.421 e. The van der Waals surface area contributed by atoms with Crippen LogP contribution in [0.2, 0.25) is 0 Å². The van der Waals surface area contributed by atoms with Crippen molar-refractivity contribution in [3.63, 3.8) is 0 Å². The van der Waals surface area contributed by atoms with E-state index in [-0.39, 0.29) is 23.8 Å². The van der Waals surface area contributed by atoms with Gasteiger partial charge in [-0.2, -0.15) is 9.97 Å². The first-order chi connectivity index (χ1) is 16.4. The van der Waals surface area contributed by atoms with Gasteiger partial charge in [0.25, 0.3) is 0 Å². The van der Waals surface area contributed by atoms with Gasteiger partial charge in [-0.3, -0.25) is 0 Å². The lowest BCUT2D eigenvalue weighted by atomic mass is 9.72. The van der Waals surface area contributed by atoms with E-state index in [4.69, 9.17) is 20.4 Å². The Labute approximate surface area is 197 Å². The van der Waals surface area contributed by atoms with Gasteiger partial charge in [0, 0.05) is 49.8 Å². The third-order valence-electron chi connectivity index (χ3n) is 7.33. The zero-order valence-electron chi connectivity index (χ0n) is 19.5. The molecule has 3 atom stereocenters. The topological polar surface area (TPSA) is 102 Å². The maximum absolute atomic E-state index is 14.5. The van der Waals surface area contributed by atoms with Crippen LogP contribution >= 0.6 is 0 Å². The summed E-state index contributed by atoms with van der Waals surface area (Å²) in [5.41, 5.74) is 10.6. The van der Waals surface area contributed by atoms with Crippen LogP contribution in [0.5, 0.6) is 11.8 Å². The number of ether oxygens (including phenoxy) is 1. The normalized spacial score (nSPS) is 22.3. The fourth-order valence-corrected chi connectivity index (χ4v) is 5.51. The molecule has 8 nitrogen and oxygen atoms in total. The van der Waals surface area contributed by atoms with Gasteiger partial charge in [0.05, 0.1) is 18.1 Å². The molecule has 9 heteroatoms. The van der Waals surface area contributed by atoms with Crippen LogP contribution in [0.1, 0.15) is 43.3 Å². The number of anilines is 2. The summed E-state index contributed by atoms with van der Waals surface area (Å²) in [5.74, 6) is 3.01. The Kier molecular flexibility index (Phi) is 4.91. The monoisotopic (exact) mass is 461 g/mol. The highest BCUT2D eigenvalue weighted by molar-refractivity contribution is 5.88. The average molecular weight is 462 g/mol. The van der Waals surface area contributed by atoms with E-state index in [1.54, 1.807) is 25.5 Å². The zero-order chi connectivity index (χ0) is 23.6. The summed E-state index contributed by atoms with van der Waals surface area (Å²) in [5, 5.41) is 3.12. The Hall–Kier alpha value is -3.33. The van der Waals surface area contributed by atoms with Crippen LogP contribution < -0.4 is 20.7 Å². The first-order valence-corrected chi connectivity index (χ1v) is 11.8. The maximum Gasteiger partial charge on any atom is 0.324 e. The van der Waals surface area contributed by atoms with Gasteiger partial charge in [-0.25, -0.2) is 14.4 Å². The van der Waals surface area contributed by atoms with Crippen molar-refractivity contribution in [1.82, 2.24) is 19.9 Å². The second kappa shape index (κ2) is 7.87. The molecule has 0 bridgehead atoms. The second-order valence-corrected chi connectivity index (χ2v) is 9.82. The molecule has 2 fully saturated rings. The first-order valence-electron chi connectivity index (χ1n) is 11.8. The van der Waals surface area contributed by atoms with E-state index in [2.05, 4.69) is 20.2 Å². The third-order valence-corrected chi connectivity index (χ3v) is 7.33. The summed E-state index contributed by atoms with van der Waals surface area (Å²) in [4.78, 5) is 20.6. The summed E-state index contributed by atoms with van der Waals surface area (Å²) in [6, 6.07) is 3.60. The molecular weight excluding hydrogens is 433 g/mol. The quantitative estimate of drug-likeness (QED) is 0.464. The molecule has 176 valence electrons. The molecule has 34 heavy (non-hydrogen) atoms. The molecule has 1 aliphatic heterocycles. The van der Waals surface area contributed by atoms with Crippen molar-refractivity contribution in [3.05, 3.63) is 47.4 Å². The number of fused-ring (bicyclic) bond motifs is 4. The van der Waals surface area contributed by atoms with E-state index in [1.165, 1.54) is 6.07 Å². The Bertz CT molecular complexity index is 1260. The van der Waals surface area contributed by atoms with Gasteiger partial charge in [0.15, 0.2) is 5.75 Å². The lowest BCUT2D eigenvalue weighted by Crippen LogP contribution is -2.46. The van der Waals surface area contributed by atoms with Gasteiger partial charge < -0.3 is 20.7 Å². The predicted molar refractivity (Wildman–Crippen MR) is 128 cm³/mol. The van der Waals surface area contributed by atoms with Crippen molar-refractivity contribution in [2.75, 3.05) is 30.4 Å². The molecule has 0 radical (unpaired) electrons. The summed E-state index contributed by atoms with van der Waals surface area (Å²) < 4.78 is 20.5. The van der Waals surface area contributed by atoms with Crippen molar-refractivity contribution < 1.29 is 9.13 Å². The van der Waals surface area contributed by atoms with Crippen LogP contribution in [0.15, 0.2) is 24.5 Å². The smallest absolute Gasteiger partial charge is 0.324 e. The highest BCUT2D eigenvalue weighted by Crippen LogP contribution is 2.48. The summed E-state index contributed by atoms with van der Waals surface area (Å²) >= 11 is 0. The summed E-state index contributed by atoms with van der Waals surface area (Å²) in [6.07, 6.45) is 4.91. The Morgan fingerprint density at radius 2 is 1.97 bits per heavy atom. The number of hydrogen-bond acceptors (Lipinski definition) is 8. The van der Waals surface area contributed by atoms with Crippen LogP contribution in [0.4, 0.5) is 15.9 Å². The van der Waals surface area contributed by atoms with Crippen LogP contribution in [0.25, 0.3) is 11.1 Å². The molecule has 6 rings (SSSR count). The third kappa shape index (κ3) is 3.37. The lowest BCUT2D eigenvalue weighted by molar-refractivity contribution is 0.194. The van der Waals surface area contributed by atoms with Crippen molar-refractivity contribution in [1.29, 1.82) is 0 Å².